The zero-order valence-corrected chi connectivity index (χ0v) is 20.0. The first-order chi connectivity index (χ1) is 15.0. The molecule has 2 aromatic carbocycles. The van der Waals surface area contributed by atoms with Crippen molar-refractivity contribution in [1.29, 1.82) is 0 Å². The molecule has 0 saturated carbocycles. The Bertz CT molecular complexity index is 1130. The van der Waals surface area contributed by atoms with Crippen molar-refractivity contribution in [3.63, 3.8) is 0 Å². The van der Waals surface area contributed by atoms with Crippen molar-refractivity contribution in [1.82, 2.24) is 10.0 Å². The Balaban J connectivity index is 2.09. The molecule has 2 aromatic rings. The van der Waals surface area contributed by atoms with Crippen LogP contribution in [0.3, 0.4) is 0 Å². The summed E-state index contributed by atoms with van der Waals surface area (Å²) in [5, 5.41) is 3.64. The van der Waals surface area contributed by atoms with Gasteiger partial charge in [-0.15, -0.1) is 0 Å². The van der Waals surface area contributed by atoms with E-state index in [4.69, 9.17) is 0 Å². The average molecular weight is 480 g/mol. The Morgan fingerprint density at radius 1 is 1.00 bits per heavy atom. The molecule has 174 valence electrons. The summed E-state index contributed by atoms with van der Waals surface area (Å²) >= 11 is 0. The van der Waals surface area contributed by atoms with Gasteiger partial charge in [-0.05, 0) is 35.8 Å². The molecule has 0 aromatic heterocycles. The third-order valence-corrected chi connectivity index (χ3v) is 6.64. The molecule has 0 aliphatic rings. The Morgan fingerprint density at radius 2 is 1.62 bits per heavy atom. The van der Waals surface area contributed by atoms with Crippen molar-refractivity contribution in [3.8, 4) is 0 Å². The number of carbonyl (C=O) groups is 1. The van der Waals surface area contributed by atoms with Gasteiger partial charge in [-0.1, -0.05) is 42.5 Å². The molecule has 0 fully saturated rings. The molecular formula is C22H29N3O5S2. The highest BCUT2D eigenvalue weighted by molar-refractivity contribution is 7.92. The standard InChI is InChI=1S/C22H29N3O5S2/c1-25(2)20-11-9-19(10-12-20)17-23-22(26)21(14-15-31(3,27)28)24-32(29,30)16-13-18-7-5-4-6-8-18/h4-13,16,21,24H,14-15,17H2,1-3H3,(H,23,26)/b16-13+. The number of amides is 1. The smallest absolute Gasteiger partial charge is 0.238 e. The van der Waals surface area contributed by atoms with Crippen LogP contribution in [0.25, 0.3) is 6.08 Å². The second kappa shape index (κ2) is 11.3. The third-order valence-electron chi connectivity index (χ3n) is 4.56. The van der Waals surface area contributed by atoms with Gasteiger partial charge < -0.3 is 10.2 Å². The number of sulfone groups is 1. The minimum Gasteiger partial charge on any atom is -0.378 e. The highest BCUT2D eigenvalue weighted by Gasteiger charge is 2.24. The minimum absolute atomic E-state index is 0.178. The fourth-order valence-corrected chi connectivity index (χ4v) is 4.47. The second-order valence-electron chi connectivity index (χ2n) is 7.63. The Hall–Kier alpha value is -2.69. The van der Waals surface area contributed by atoms with Gasteiger partial charge in [-0.2, -0.15) is 4.72 Å². The molecule has 0 heterocycles. The van der Waals surface area contributed by atoms with Gasteiger partial charge in [0.05, 0.1) is 5.75 Å². The van der Waals surface area contributed by atoms with Gasteiger partial charge in [-0.25, -0.2) is 16.8 Å². The van der Waals surface area contributed by atoms with Crippen LogP contribution in [-0.4, -0.2) is 54.9 Å². The van der Waals surface area contributed by atoms with Crippen molar-refractivity contribution < 1.29 is 21.6 Å². The second-order valence-corrected chi connectivity index (χ2v) is 11.5. The lowest BCUT2D eigenvalue weighted by atomic mass is 10.2. The summed E-state index contributed by atoms with van der Waals surface area (Å²) in [6.45, 7) is 0.184. The fraction of sp³-hybridized carbons (Fsp3) is 0.318. The highest BCUT2D eigenvalue weighted by atomic mass is 32.2. The molecule has 2 N–H and O–H groups in total. The van der Waals surface area contributed by atoms with E-state index in [0.29, 0.717) is 5.56 Å². The number of hydrogen-bond acceptors (Lipinski definition) is 6. The van der Waals surface area contributed by atoms with Crippen LogP contribution in [0.15, 0.2) is 60.0 Å². The van der Waals surface area contributed by atoms with E-state index in [1.807, 2.05) is 49.3 Å². The fourth-order valence-electron chi connectivity index (χ4n) is 2.77. The number of sulfonamides is 1. The number of nitrogens with zero attached hydrogens (tertiary/aromatic N) is 1. The van der Waals surface area contributed by atoms with E-state index in [1.54, 1.807) is 24.3 Å². The zero-order valence-electron chi connectivity index (χ0n) is 18.4. The summed E-state index contributed by atoms with van der Waals surface area (Å²) in [7, 11) is -3.53. The average Bonchev–Trinajstić information content (AvgIpc) is 2.74. The molecule has 1 atom stereocenters. The summed E-state index contributed by atoms with van der Waals surface area (Å²) in [5.41, 5.74) is 2.51. The molecule has 2 rings (SSSR count). The molecule has 8 nitrogen and oxygen atoms in total. The molecule has 0 radical (unpaired) electrons. The molecule has 0 aliphatic carbocycles. The number of nitrogens with one attached hydrogen (secondary N) is 2. The normalized spacial score (nSPS) is 13.1. The van der Waals surface area contributed by atoms with E-state index in [0.717, 1.165) is 22.9 Å². The van der Waals surface area contributed by atoms with Crippen molar-refractivity contribution in [2.75, 3.05) is 31.0 Å². The molecule has 32 heavy (non-hydrogen) atoms. The topological polar surface area (TPSA) is 113 Å². The summed E-state index contributed by atoms with van der Waals surface area (Å²) in [5.74, 6) is -0.921. The first-order valence-electron chi connectivity index (χ1n) is 9.92. The van der Waals surface area contributed by atoms with Gasteiger partial charge >= 0.3 is 0 Å². The predicted octanol–water partition coefficient (Wildman–Crippen LogP) is 1.76. The van der Waals surface area contributed by atoms with Crippen LogP contribution in [0.4, 0.5) is 5.69 Å². The largest absolute Gasteiger partial charge is 0.378 e. The highest BCUT2D eigenvalue weighted by Crippen LogP contribution is 2.12. The SMILES string of the molecule is CN(C)c1ccc(CNC(=O)C(CCS(C)(=O)=O)NS(=O)(=O)/C=C/c2ccccc2)cc1. The summed E-state index contributed by atoms with van der Waals surface area (Å²) < 4.78 is 50.4. The van der Waals surface area contributed by atoms with E-state index < -0.39 is 31.8 Å². The minimum atomic E-state index is -3.98. The third kappa shape index (κ3) is 9.21. The number of hydrogen-bond donors (Lipinski definition) is 2. The zero-order chi connectivity index (χ0) is 23.8. The summed E-state index contributed by atoms with van der Waals surface area (Å²) in [6, 6.07) is 15.1. The van der Waals surface area contributed by atoms with E-state index in [1.165, 1.54) is 6.08 Å². The van der Waals surface area contributed by atoms with Crippen molar-refractivity contribution in [2.24, 2.45) is 0 Å². The Morgan fingerprint density at radius 3 is 2.19 bits per heavy atom. The van der Waals surface area contributed by atoms with Crippen LogP contribution in [-0.2, 0) is 31.2 Å². The molecule has 10 heteroatoms. The van der Waals surface area contributed by atoms with E-state index in [-0.39, 0.29) is 18.7 Å². The van der Waals surface area contributed by atoms with Gasteiger partial charge in [0.25, 0.3) is 0 Å². The summed E-state index contributed by atoms with van der Waals surface area (Å²) in [6.07, 6.45) is 2.26. The first-order valence-corrected chi connectivity index (χ1v) is 13.5. The molecule has 0 aliphatic heterocycles. The lowest BCUT2D eigenvalue weighted by Crippen LogP contribution is -2.46. The predicted molar refractivity (Wildman–Crippen MR) is 128 cm³/mol. The molecule has 0 bridgehead atoms. The molecule has 0 spiro atoms. The maximum absolute atomic E-state index is 12.7. The first kappa shape index (κ1) is 25.6. The summed E-state index contributed by atoms with van der Waals surface area (Å²) in [4.78, 5) is 14.6. The number of anilines is 1. The number of benzene rings is 2. The van der Waals surface area contributed by atoms with Crippen LogP contribution >= 0.6 is 0 Å². The van der Waals surface area contributed by atoms with E-state index in [9.17, 15) is 21.6 Å². The van der Waals surface area contributed by atoms with Crippen molar-refractivity contribution >= 4 is 37.5 Å². The number of rotatable bonds is 11. The van der Waals surface area contributed by atoms with Crippen LogP contribution in [0.2, 0.25) is 0 Å². The lowest BCUT2D eigenvalue weighted by molar-refractivity contribution is -0.122. The Labute approximate surface area is 190 Å². The Kier molecular flexibility index (Phi) is 8.99. The molecule has 0 saturated heterocycles. The van der Waals surface area contributed by atoms with Gasteiger partial charge in [0, 0.05) is 38.0 Å². The van der Waals surface area contributed by atoms with Crippen LogP contribution in [0.1, 0.15) is 17.5 Å². The van der Waals surface area contributed by atoms with Crippen LogP contribution in [0.5, 0.6) is 0 Å². The molecule has 1 amide bonds. The van der Waals surface area contributed by atoms with Crippen LogP contribution < -0.4 is 14.9 Å². The van der Waals surface area contributed by atoms with Gasteiger partial charge in [0.2, 0.25) is 15.9 Å². The van der Waals surface area contributed by atoms with Gasteiger partial charge in [0.15, 0.2) is 0 Å². The lowest BCUT2D eigenvalue weighted by Gasteiger charge is -2.18. The molecule has 1 unspecified atom stereocenters. The van der Waals surface area contributed by atoms with Gasteiger partial charge in [0.1, 0.15) is 15.9 Å². The quantitative estimate of drug-likeness (QED) is 0.508. The van der Waals surface area contributed by atoms with Crippen LogP contribution in [0, 0.1) is 0 Å². The van der Waals surface area contributed by atoms with E-state index >= 15 is 0 Å². The van der Waals surface area contributed by atoms with Crippen molar-refractivity contribution in [2.45, 2.75) is 19.0 Å². The number of carbonyl (C=O) groups excluding carboxylic acids is 1. The van der Waals surface area contributed by atoms with Crippen molar-refractivity contribution in [3.05, 3.63) is 71.1 Å². The monoisotopic (exact) mass is 479 g/mol. The maximum atomic E-state index is 12.7. The maximum Gasteiger partial charge on any atom is 0.238 e. The molecular weight excluding hydrogens is 450 g/mol. The van der Waals surface area contributed by atoms with E-state index in [2.05, 4.69) is 10.0 Å². The van der Waals surface area contributed by atoms with Gasteiger partial charge in [-0.3, -0.25) is 4.79 Å².